The Labute approximate surface area is 186 Å². The molecule has 0 saturated carbocycles. The second-order valence-electron chi connectivity index (χ2n) is 7.14. The van der Waals surface area contributed by atoms with Gasteiger partial charge in [0, 0.05) is 22.6 Å². The number of allylic oxidation sites excluding steroid dienone is 1. The molecule has 1 aromatic heterocycles. The summed E-state index contributed by atoms with van der Waals surface area (Å²) in [6.07, 6.45) is 3.28. The first-order valence-electron chi connectivity index (χ1n) is 10.1. The Morgan fingerprint density at radius 3 is 2.09 bits per heavy atom. The number of rotatable bonds is 7. The van der Waals surface area contributed by atoms with E-state index in [1.165, 1.54) is 6.08 Å². The fraction of sp³-hybridized carbons (Fsp3) is 0.111. The minimum Gasteiger partial charge on any atom is -0.497 e. The molecular weight excluding hydrogens is 402 g/mol. The molecule has 0 spiro atoms. The van der Waals surface area contributed by atoms with Crippen LogP contribution in [-0.2, 0) is 0 Å². The summed E-state index contributed by atoms with van der Waals surface area (Å²) in [6.45, 7) is 0. The lowest BCUT2D eigenvalue weighted by Gasteiger charge is -2.10. The predicted molar refractivity (Wildman–Crippen MR) is 127 cm³/mol. The maximum atomic E-state index is 12.9. The van der Waals surface area contributed by atoms with Crippen LogP contribution in [0, 0.1) is 0 Å². The van der Waals surface area contributed by atoms with E-state index in [1.54, 1.807) is 45.6 Å². The van der Waals surface area contributed by atoms with Gasteiger partial charge in [-0.05, 0) is 54.1 Å². The van der Waals surface area contributed by atoms with Gasteiger partial charge >= 0.3 is 0 Å². The number of pyridine rings is 1. The smallest absolute Gasteiger partial charge is 0.186 e. The largest absolute Gasteiger partial charge is 0.497 e. The Hall–Kier alpha value is -4.12. The summed E-state index contributed by atoms with van der Waals surface area (Å²) < 4.78 is 15.8. The van der Waals surface area contributed by atoms with Crippen molar-refractivity contribution in [1.29, 1.82) is 0 Å². The van der Waals surface area contributed by atoms with Gasteiger partial charge in [-0.1, -0.05) is 30.3 Å². The Kier molecular flexibility index (Phi) is 6.17. The lowest BCUT2D eigenvalue weighted by atomic mass is 10.0. The summed E-state index contributed by atoms with van der Waals surface area (Å²) in [5, 5.41) is 1.03. The van der Waals surface area contributed by atoms with E-state index < -0.39 is 0 Å². The van der Waals surface area contributed by atoms with Crippen molar-refractivity contribution in [1.82, 2.24) is 4.98 Å². The molecule has 0 aliphatic rings. The molecule has 0 bridgehead atoms. The molecule has 0 amide bonds. The molecule has 5 nitrogen and oxygen atoms in total. The van der Waals surface area contributed by atoms with Crippen LogP contribution in [-0.4, -0.2) is 32.1 Å². The van der Waals surface area contributed by atoms with Gasteiger partial charge in [0.05, 0.1) is 32.5 Å². The zero-order valence-corrected chi connectivity index (χ0v) is 18.2. The van der Waals surface area contributed by atoms with Crippen molar-refractivity contribution in [2.24, 2.45) is 0 Å². The Balaban J connectivity index is 1.76. The number of methoxy groups -OCH3 is 3. The molecule has 3 aromatic carbocycles. The van der Waals surface area contributed by atoms with Crippen molar-refractivity contribution in [3.05, 3.63) is 90.1 Å². The normalized spacial score (nSPS) is 11.0. The second-order valence-corrected chi connectivity index (χ2v) is 7.14. The van der Waals surface area contributed by atoms with Crippen LogP contribution in [0.3, 0.4) is 0 Å². The molecule has 0 unspecified atom stereocenters. The summed E-state index contributed by atoms with van der Waals surface area (Å²) in [5.41, 5.74) is 3.96. The SMILES string of the molecule is COc1ccc(-c2cc3ccccc3nc2/C=C/C(=O)c2cc(OC)cc(OC)c2)cc1. The summed E-state index contributed by atoms with van der Waals surface area (Å²) in [7, 11) is 4.75. The maximum absolute atomic E-state index is 12.9. The number of ether oxygens (including phenoxy) is 3. The molecule has 0 N–H and O–H groups in total. The number of carbonyl (C=O) groups is 1. The minimum absolute atomic E-state index is 0.169. The molecular formula is C27H23NO4. The minimum atomic E-state index is -0.169. The molecule has 160 valence electrons. The zero-order valence-electron chi connectivity index (χ0n) is 18.2. The van der Waals surface area contributed by atoms with Crippen LogP contribution >= 0.6 is 0 Å². The van der Waals surface area contributed by atoms with E-state index >= 15 is 0 Å². The maximum Gasteiger partial charge on any atom is 0.186 e. The van der Waals surface area contributed by atoms with Gasteiger partial charge < -0.3 is 14.2 Å². The Bertz CT molecular complexity index is 1270. The first kappa shape index (κ1) is 21.1. The number of benzene rings is 3. The molecule has 0 atom stereocenters. The third-order valence-corrected chi connectivity index (χ3v) is 5.18. The first-order valence-corrected chi connectivity index (χ1v) is 10.1. The van der Waals surface area contributed by atoms with Gasteiger partial charge in [-0.15, -0.1) is 0 Å². The third kappa shape index (κ3) is 4.47. The van der Waals surface area contributed by atoms with Crippen molar-refractivity contribution >= 4 is 22.8 Å². The molecule has 32 heavy (non-hydrogen) atoms. The molecule has 5 heteroatoms. The standard InChI is InChI=1S/C27H23NO4/c1-30-21-10-8-18(9-11-21)24-16-19-6-4-5-7-25(19)28-26(24)12-13-27(29)20-14-22(31-2)17-23(15-20)32-3/h4-17H,1-3H3/b13-12+. The summed E-state index contributed by atoms with van der Waals surface area (Å²) in [4.78, 5) is 17.7. The third-order valence-electron chi connectivity index (χ3n) is 5.18. The van der Waals surface area contributed by atoms with Crippen molar-refractivity contribution in [2.75, 3.05) is 21.3 Å². The highest BCUT2D eigenvalue weighted by atomic mass is 16.5. The van der Waals surface area contributed by atoms with E-state index in [0.29, 0.717) is 22.8 Å². The molecule has 1 heterocycles. The monoisotopic (exact) mass is 425 g/mol. The molecule has 0 saturated heterocycles. The number of hydrogen-bond donors (Lipinski definition) is 0. The summed E-state index contributed by atoms with van der Waals surface area (Å²) in [5.74, 6) is 1.73. The van der Waals surface area contributed by atoms with Gasteiger partial charge in [-0.25, -0.2) is 4.98 Å². The van der Waals surface area contributed by atoms with E-state index in [4.69, 9.17) is 19.2 Å². The molecule has 4 aromatic rings. The fourth-order valence-corrected chi connectivity index (χ4v) is 3.46. The van der Waals surface area contributed by atoms with Crippen molar-refractivity contribution in [3.63, 3.8) is 0 Å². The van der Waals surface area contributed by atoms with Gasteiger partial charge in [0.25, 0.3) is 0 Å². The van der Waals surface area contributed by atoms with Crippen LogP contribution in [0.4, 0.5) is 0 Å². The van der Waals surface area contributed by atoms with Crippen molar-refractivity contribution in [3.8, 4) is 28.4 Å². The van der Waals surface area contributed by atoms with Gasteiger partial charge in [0.1, 0.15) is 17.2 Å². The molecule has 0 aliphatic heterocycles. The van der Waals surface area contributed by atoms with Crippen LogP contribution in [0.25, 0.3) is 28.1 Å². The van der Waals surface area contributed by atoms with E-state index in [1.807, 2.05) is 48.5 Å². The van der Waals surface area contributed by atoms with Crippen LogP contribution in [0.2, 0.25) is 0 Å². The number of para-hydroxylation sites is 1. The lowest BCUT2D eigenvalue weighted by molar-refractivity contribution is 0.104. The van der Waals surface area contributed by atoms with Crippen LogP contribution in [0.1, 0.15) is 16.1 Å². The number of nitrogens with zero attached hydrogens (tertiary/aromatic N) is 1. The van der Waals surface area contributed by atoms with Crippen LogP contribution < -0.4 is 14.2 Å². The van der Waals surface area contributed by atoms with Gasteiger partial charge in [0.2, 0.25) is 0 Å². The van der Waals surface area contributed by atoms with E-state index in [0.717, 1.165) is 27.8 Å². The summed E-state index contributed by atoms with van der Waals surface area (Å²) >= 11 is 0. The number of aromatic nitrogens is 1. The van der Waals surface area contributed by atoms with E-state index in [-0.39, 0.29) is 5.78 Å². The molecule has 4 rings (SSSR count). The van der Waals surface area contributed by atoms with Gasteiger partial charge in [-0.3, -0.25) is 4.79 Å². The second kappa shape index (κ2) is 9.35. The fourth-order valence-electron chi connectivity index (χ4n) is 3.46. The molecule has 0 radical (unpaired) electrons. The first-order chi connectivity index (χ1) is 15.6. The topological polar surface area (TPSA) is 57.7 Å². The van der Waals surface area contributed by atoms with Crippen molar-refractivity contribution < 1.29 is 19.0 Å². The summed E-state index contributed by atoms with van der Waals surface area (Å²) in [6, 6.07) is 22.9. The quantitative estimate of drug-likeness (QED) is 0.276. The van der Waals surface area contributed by atoms with E-state index in [2.05, 4.69) is 6.07 Å². The van der Waals surface area contributed by atoms with Gasteiger partial charge in [0.15, 0.2) is 5.78 Å². The number of fused-ring (bicyclic) bond motifs is 1. The van der Waals surface area contributed by atoms with Crippen LogP contribution in [0.15, 0.2) is 78.9 Å². The average Bonchev–Trinajstić information content (AvgIpc) is 2.86. The Morgan fingerprint density at radius 1 is 0.781 bits per heavy atom. The van der Waals surface area contributed by atoms with Crippen molar-refractivity contribution in [2.45, 2.75) is 0 Å². The number of ketones is 1. The van der Waals surface area contributed by atoms with E-state index in [9.17, 15) is 4.79 Å². The number of hydrogen-bond acceptors (Lipinski definition) is 5. The van der Waals surface area contributed by atoms with Gasteiger partial charge in [-0.2, -0.15) is 0 Å². The number of carbonyl (C=O) groups excluding carboxylic acids is 1. The zero-order chi connectivity index (χ0) is 22.5. The Morgan fingerprint density at radius 2 is 1.44 bits per heavy atom. The average molecular weight is 425 g/mol. The highest BCUT2D eigenvalue weighted by Crippen LogP contribution is 2.29. The molecule has 0 aliphatic carbocycles. The highest BCUT2D eigenvalue weighted by Gasteiger charge is 2.11. The van der Waals surface area contributed by atoms with Crippen LogP contribution in [0.5, 0.6) is 17.2 Å². The molecule has 0 fully saturated rings. The predicted octanol–water partition coefficient (Wildman–Crippen LogP) is 5.82. The lowest BCUT2D eigenvalue weighted by Crippen LogP contribution is -1.98. The highest BCUT2D eigenvalue weighted by molar-refractivity contribution is 6.07.